The van der Waals surface area contributed by atoms with Crippen molar-refractivity contribution in [1.82, 2.24) is 0 Å². The molecule has 0 radical (unpaired) electrons. The molecule has 11 rings (SSSR count). The molecule has 1 aliphatic rings. The van der Waals surface area contributed by atoms with E-state index in [1.807, 2.05) is 0 Å². The first-order valence-electron chi connectivity index (χ1n) is 19.3. The molecule has 0 atom stereocenters. The highest BCUT2D eigenvalue weighted by molar-refractivity contribution is 6.23. The summed E-state index contributed by atoms with van der Waals surface area (Å²) in [5, 5.41) is 10.1. The molecule has 0 spiro atoms. The van der Waals surface area contributed by atoms with E-state index < -0.39 is 0 Å². The average Bonchev–Trinajstić information content (AvgIpc) is 3.48. The molecular formula is C55H38. The topological polar surface area (TPSA) is 0 Å². The second-order valence-electron chi connectivity index (χ2n) is 15.6. The zero-order chi connectivity index (χ0) is 36.7. The normalized spacial score (nSPS) is 13.1. The Balaban J connectivity index is 1.24. The number of hydrogen-bond acceptors (Lipinski definition) is 0. The Bertz CT molecular complexity index is 3170. The molecule has 0 unspecified atom stereocenters. The predicted octanol–water partition coefficient (Wildman–Crippen LogP) is 15.3. The van der Waals surface area contributed by atoms with E-state index in [0.717, 1.165) is 0 Å². The van der Waals surface area contributed by atoms with Gasteiger partial charge in [0, 0.05) is 5.41 Å². The molecule has 0 aliphatic heterocycles. The maximum Gasteiger partial charge on any atom is 0.0159 e. The molecule has 10 aromatic carbocycles. The van der Waals surface area contributed by atoms with Gasteiger partial charge in [-0.15, -0.1) is 0 Å². The van der Waals surface area contributed by atoms with Crippen molar-refractivity contribution in [1.29, 1.82) is 0 Å². The molecule has 0 N–H and O–H groups in total. The minimum atomic E-state index is -0.0915. The fourth-order valence-corrected chi connectivity index (χ4v) is 9.61. The fourth-order valence-electron chi connectivity index (χ4n) is 9.61. The van der Waals surface area contributed by atoms with Crippen LogP contribution >= 0.6 is 0 Å². The van der Waals surface area contributed by atoms with Crippen LogP contribution in [0.25, 0.3) is 98.7 Å². The van der Waals surface area contributed by atoms with Crippen molar-refractivity contribution < 1.29 is 0 Å². The lowest BCUT2D eigenvalue weighted by atomic mass is 9.80. The molecule has 0 bridgehead atoms. The lowest BCUT2D eigenvalue weighted by Crippen LogP contribution is -2.14. The van der Waals surface area contributed by atoms with Gasteiger partial charge in [-0.1, -0.05) is 190 Å². The van der Waals surface area contributed by atoms with Crippen molar-refractivity contribution in [2.75, 3.05) is 0 Å². The van der Waals surface area contributed by atoms with Gasteiger partial charge in [0.2, 0.25) is 0 Å². The van der Waals surface area contributed by atoms with Gasteiger partial charge in [-0.2, -0.15) is 0 Å². The van der Waals surface area contributed by atoms with E-state index in [9.17, 15) is 0 Å². The smallest absolute Gasteiger partial charge is 0.0159 e. The van der Waals surface area contributed by atoms with Crippen LogP contribution in [0.4, 0.5) is 0 Å². The number of rotatable bonds is 4. The van der Waals surface area contributed by atoms with Crippen molar-refractivity contribution >= 4 is 43.1 Å². The molecule has 0 heteroatoms. The fraction of sp³-hybridized carbons (Fsp3) is 0.0545. The van der Waals surface area contributed by atoms with Crippen LogP contribution in [0.2, 0.25) is 0 Å². The first kappa shape index (κ1) is 31.7. The maximum atomic E-state index is 2.46. The highest BCUT2D eigenvalue weighted by atomic mass is 14.4. The molecule has 0 nitrogen and oxygen atoms in total. The summed E-state index contributed by atoms with van der Waals surface area (Å²) in [6, 6.07) is 72.3. The monoisotopic (exact) mass is 698 g/mol. The number of fused-ring (bicyclic) bond motifs is 7. The molecule has 1 aliphatic carbocycles. The number of hydrogen-bond donors (Lipinski definition) is 0. The van der Waals surface area contributed by atoms with E-state index in [2.05, 4.69) is 208 Å². The lowest BCUT2D eigenvalue weighted by molar-refractivity contribution is 0.660. The third-order valence-corrected chi connectivity index (χ3v) is 12.2. The van der Waals surface area contributed by atoms with Gasteiger partial charge in [0.05, 0.1) is 0 Å². The van der Waals surface area contributed by atoms with Crippen LogP contribution in [0, 0.1) is 0 Å². The van der Waals surface area contributed by atoms with Crippen LogP contribution in [-0.2, 0) is 5.41 Å². The van der Waals surface area contributed by atoms with Crippen molar-refractivity contribution in [3.05, 3.63) is 205 Å². The molecule has 0 fully saturated rings. The van der Waals surface area contributed by atoms with Crippen molar-refractivity contribution in [3.63, 3.8) is 0 Å². The average molecular weight is 699 g/mol. The van der Waals surface area contributed by atoms with Crippen LogP contribution in [-0.4, -0.2) is 0 Å². The first-order chi connectivity index (χ1) is 27.0. The summed E-state index contributed by atoms with van der Waals surface area (Å²) < 4.78 is 0. The van der Waals surface area contributed by atoms with Crippen LogP contribution in [0.5, 0.6) is 0 Å². The molecular weight excluding hydrogens is 661 g/mol. The number of benzene rings is 10. The van der Waals surface area contributed by atoms with Crippen molar-refractivity contribution in [2.24, 2.45) is 0 Å². The maximum absolute atomic E-state index is 2.46. The van der Waals surface area contributed by atoms with E-state index in [0.29, 0.717) is 0 Å². The zero-order valence-corrected chi connectivity index (χ0v) is 31.0. The molecule has 0 saturated heterocycles. The standard InChI is InChI=1S/C55H38/c1-55(2)50-26-10-9-23-47(50)54-48(25-13-27-51(54)55)53-45-22-8-7-21-44(45)52(41-19-11-18-40(33-41)43-24-12-17-36-15-5-6-20-42(36)43)46-31-30-39(34-49(46)53)38-29-28-35-14-3-4-16-37(35)32-38/h3-34H,1-2H3. The molecule has 0 saturated carbocycles. The van der Waals surface area contributed by atoms with Gasteiger partial charge in [0.15, 0.2) is 0 Å². The van der Waals surface area contributed by atoms with Gasteiger partial charge in [-0.3, -0.25) is 0 Å². The van der Waals surface area contributed by atoms with Crippen molar-refractivity contribution in [2.45, 2.75) is 19.3 Å². The molecule has 10 aromatic rings. The SMILES string of the molecule is CC1(C)c2ccccc2-c2c(-c3c4ccccc4c(-c4cccc(-c5cccc6ccccc56)c4)c4ccc(-c5ccc6ccccc6c5)cc34)cccc21. The second-order valence-corrected chi connectivity index (χ2v) is 15.6. The Morgan fingerprint density at radius 1 is 0.273 bits per heavy atom. The molecule has 0 amide bonds. The van der Waals surface area contributed by atoms with E-state index in [1.165, 1.54) is 110 Å². The second kappa shape index (κ2) is 12.1. The highest BCUT2D eigenvalue weighted by Crippen LogP contribution is 2.55. The zero-order valence-electron chi connectivity index (χ0n) is 31.0. The minimum Gasteiger partial charge on any atom is -0.0619 e. The molecule has 258 valence electrons. The highest BCUT2D eigenvalue weighted by Gasteiger charge is 2.37. The van der Waals surface area contributed by atoms with Crippen LogP contribution in [0.15, 0.2) is 194 Å². The van der Waals surface area contributed by atoms with Gasteiger partial charge in [0.1, 0.15) is 0 Å². The Morgan fingerprint density at radius 3 is 1.71 bits per heavy atom. The third kappa shape index (κ3) is 4.85. The van der Waals surface area contributed by atoms with Crippen LogP contribution < -0.4 is 0 Å². The summed E-state index contributed by atoms with van der Waals surface area (Å²) >= 11 is 0. The van der Waals surface area contributed by atoms with E-state index >= 15 is 0 Å². The predicted molar refractivity (Wildman–Crippen MR) is 236 cm³/mol. The summed E-state index contributed by atoms with van der Waals surface area (Å²) in [5.74, 6) is 0. The summed E-state index contributed by atoms with van der Waals surface area (Å²) in [6.45, 7) is 4.75. The van der Waals surface area contributed by atoms with Crippen LogP contribution in [0.3, 0.4) is 0 Å². The molecule has 0 aromatic heterocycles. The van der Waals surface area contributed by atoms with Gasteiger partial charge in [-0.05, 0) is 128 Å². The Morgan fingerprint density at radius 2 is 0.836 bits per heavy atom. The van der Waals surface area contributed by atoms with E-state index in [4.69, 9.17) is 0 Å². The van der Waals surface area contributed by atoms with Crippen LogP contribution in [0.1, 0.15) is 25.0 Å². The first-order valence-corrected chi connectivity index (χ1v) is 19.3. The van der Waals surface area contributed by atoms with Gasteiger partial charge in [-0.25, -0.2) is 0 Å². The summed E-state index contributed by atoms with van der Waals surface area (Å²) in [7, 11) is 0. The van der Waals surface area contributed by atoms with E-state index in [1.54, 1.807) is 0 Å². The van der Waals surface area contributed by atoms with Gasteiger partial charge >= 0.3 is 0 Å². The van der Waals surface area contributed by atoms with Gasteiger partial charge < -0.3 is 0 Å². The summed E-state index contributed by atoms with van der Waals surface area (Å²) in [6.07, 6.45) is 0. The van der Waals surface area contributed by atoms with E-state index in [-0.39, 0.29) is 5.41 Å². The Labute approximate surface area is 322 Å². The lowest BCUT2D eigenvalue weighted by Gasteiger charge is -2.23. The molecule has 0 heterocycles. The third-order valence-electron chi connectivity index (χ3n) is 12.2. The Hall–Kier alpha value is -6.76. The quantitative estimate of drug-likeness (QED) is 0.161. The molecule has 55 heavy (non-hydrogen) atoms. The van der Waals surface area contributed by atoms with Crippen molar-refractivity contribution in [3.8, 4) is 55.6 Å². The summed E-state index contributed by atoms with van der Waals surface area (Å²) in [5.41, 5.74) is 15.4. The minimum absolute atomic E-state index is 0.0915. The Kier molecular flexibility index (Phi) is 7.00. The summed E-state index contributed by atoms with van der Waals surface area (Å²) in [4.78, 5) is 0. The largest absolute Gasteiger partial charge is 0.0619 e. The van der Waals surface area contributed by atoms with Gasteiger partial charge in [0.25, 0.3) is 0 Å².